The minimum absolute atomic E-state index is 0.203. The van der Waals surface area contributed by atoms with Gasteiger partial charge in [0.1, 0.15) is 5.01 Å². The van der Waals surface area contributed by atoms with Gasteiger partial charge >= 0.3 is 0 Å². The zero-order valence-electron chi connectivity index (χ0n) is 11.1. The second kappa shape index (κ2) is 5.58. The maximum Gasteiger partial charge on any atom is 0.231 e. The van der Waals surface area contributed by atoms with Crippen molar-refractivity contribution in [2.45, 2.75) is 39.2 Å². The molecule has 2 rings (SSSR count). The van der Waals surface area contributed by atoms with Gasteiger partial charge in [0.05, 0.1) is 12.3 Å². The minimum atomic E-state index is 0.203. The lowest BCUT2D eigenvalue weighted by Gasteiger charge is -2.14. The molecular weight excluding hydrogens is 248 g/mol. The number of thiazole rings is 1. The second-order valence-corrected chi connectivity index (χ2v) is 5.42. The Hall–Kier alpha value is -1.27. The summed E-state index contributed by atoms with van der Waals surface area (Å²) in [5, 5.41) is 10.3. The highest BCUT2D eigenvalue weighted by Crippen LogP contribution is 2.18. The number of aryl methyl sites for hydroxylation is 1. The zero-order chi connectivity index (χ0) is 13.1. The second-order valence-electron chi connectivity index (χ2n) is 4.47. The van der Waals surface area contributed by atoms with Crippen molar-refractivity contribution in [3.05, 3.63) is 27.8 Å². The minimum Gasteiger partial charge on any atom is -0.339 e. The predicted octanol–water partition coefficient (Wildman–Crippen LogP) is 2.14. The Balaban J connectivity index is 2.06. The Kier molecular flexibility index (Phi) is 4.08. The third kappa shape index (κ3) is 2.94. The first-order valence-corrected chi connectivity index (χ1v) is 6.89. The molecule has 0 aliphatic heterocycles. The molecule has 2 aromatic heterocycles. The van der Waals surface area contributed by atoms with Crippen LogP contribution in [0.3, 0.4) is 0 Å². The molecule has 0 amide bonds. The Labute approximate surface area is 111 Å². The molecule has 6 heteroatoms. The molecule has 0 fully saturated rings. The first kappa shape index (κ1) is 13.2. The molecule has 2 unspecified atom stereocenters. The lowest BCUT2D eigenvalue weighted by Crippen LogP contribution is -2.27. The predicted molar refractivity (Wildman–Crippen MR) is 70.9 cm³/mol. The van der Waals surface area contributed by atoms with Crippen LogP contribution in [-0.4, -0.2) is 28.2 Å². The fourth-order valence-electron chi connectivity index (χ4n) is 1.61. The van der Waals surface area contributed by atoms with Crippen molar-refractivity contribution in [1.29, 1.82) is 0 Å². The molecule has 0 saturated heterocycles. The van der Waals surface area contributed by atoms with Crippen LogP contribution in [0.4, 0.5) is 0 Å². The third-order valence-corrected chi connectivity index (χ3v) is 4.02. The number of nitrogens with zero attached hydrogens (tertiary/aromatic N) is 3. The Morgan fingerprint density at radius 2 is 2.17 bits per heavy atom. The van der Waals surface area contributed by atoms with Crippen molar-refractivity contribution in [3.8, 4) is 0 Å². The highest BCUT2D eigenvalue weighted by molar-refractivity contribution is 7.09. The first-order valence-electron chi connectivity index (χ1n) is 6.01. The highest BCUT2D eigenvalue weighted by Gasteiger charge is 2.19. The average Bonchev–Trinajstić information content (AvgIpc) is 2.97. The molecule has 0 aromatic carbocycles. The van der Waals surface area contributed by atoms with Gasteiger partial charge in [0.15, 0.2) is 5.82 Å². The lowest BCUT2D eigenvalue weighted by molar-refractivity contribution is 0.333. The number of likely N-dealkylation sites (N-methyl/N-ethyl adjacent to an activating group) is 1. The summed E-state index contributed by atoms with van der Waals surface area (Å²) in [5.74, 6) is 1.59. The van der Waals surface area contributed by atoms with E-state index >= 15 is 0 Å². The SMILES string of the molecule is CNC(C)C(C)c1nc(Cc2nc(C)cs2)no1. The van der Waals surface area contributed by atoms with Gasteiger partial charge in [0.25, 0.3) is 0 Å². The van der Waals surface area contributed by atoms with E-state index in [9.17, 15) is 0 Å². The molecule has 18 heavy (non-hydrogen) atoms. The average molecular weight is 266 g/mol. The van der Waals surface area contributed by atoms with Crippen molar-refractivity contribution >= 4 is 11.3 Å². The monoisotopic (exact) mass is 266 g/mol. The van der Waals surface area contributed by atoms with Gasteiger partial charge < -0.3 is 9.84 Å². The van der Waals surface area contributed by atoms with Crippen LogP contribution in [0.25, 0.3) is 0 Å². The highest BCUT2D eigenvalue weighted by atomic mass is 32.1. The molecule has 2 atom stereocenters. The number of nitrogens with one attached hydrogen (secondary N) is 1. The number of aromatic nitrogens is 3. The topological polar surface area (TPSA) is 63.8 Å². The summed E-state index contributed by atoms with van der Waals surface area (Å²) in [6, 6.07) is 0.306. The zero-order valence-corrected chi connectivity index (χ0v) is 11.9. The van der Waals surface area contributed by atoms with Gasteiger partial charge in [-0.3, -0.25) is 0 Å². The molecule has 0 radical (unpaired) electrons. The first-order chi connectivity index (χ1) is 8.60. The standard InChI is InChI=1S/C12H18N4OS/c1-7-6-18-11(14-7)5-10-15-12(17-16-10)8(2)9(3)13-4/h6,8-9,13H,5H2,1-4H3. The van der Waals surface area contributed by atoms with Gasteiger partial charge in [0, 0.05) is 17.1 Å². The number of rotatable bonds is 5. The summed E-state index contributed by atoms with van der Waals surface area (Å²) in [7, 11) is 1.93. The molecule has 0 spiro atoms. The van der Waals surface area contributed by atoms with E-state index in [-0.39, 0.29) is 5.92 Å². The van der Waals surface area contributed by atoms with Crippen LogP contribution in [0.2, 0.25) is 0 Å². The largest absolute Gasteiger partial charge is 0.339 e. The summed E-state index contributed by atoms with van der Waals surface area (Å²) in [6.45, 7) is 6.16. The number of hydrogen-bond donors (Lipinski definition) is 1. The van der Waals surface area contributed by atoms with Crippen molar-refractivity contribution in [2.75, 3.05) is 7.05 Å². The van der Waals surface area contributed by atoms with Crippen LogP contribution in [0.1, 0.15) is 42.2 Å². The molecule has 2 aromatic rings. The van der Waals surface area contributed by atoms with E-state index in [1.165, 1.54) is 0 Å². The van der Waals surface area contributed by atoms with E-state index in [2.05, 4.69) is 34.3 Å². The van der Waals surface area contributed by atoms with Gasteiger partial charge in [-0.25, -0.2) is 4.98 Å². The van der Waals surface area contributed by atoms with Crippen molar-refractivity contribution < 1.29 is 4.52 Å². The van der Waals surface area contributed by atoms with Crippen LogP contribution in [-0.2, 0) is 6.42 Å². The summed E-state index contributed by atoms with van der Waals surface area (Å²) in [6.07, 6.45) is 0.642. The summed E-state index contributed by atoms with van der Waals surface area (Å²) < 4.78 is 5.30. The summed E-state index contributed by atoms with van der Waals surface area (Å²) in [4.78, 5) is 8.83. The molecule has 0 saturated carbocycles. The Morgan fingerprint density at radius 1 is 1.39 bits per heavy atom. The fraction of sp³-hybridized carbons (Fsp3) is 0.583. The van der Waals surface area contributed by atoms with E-state index < -0.39 is 0 Å². The van der Waals surface area contributed by atoms with Crippen molar-refractivity contribution in [3.63, 3.8) is 0 Å². The summed E-state index contributed by atoms with van der Waals surface area (Å²) >= 11 is 1.63. The van der Waals surface area contributed by atoms with Gasteiger partial charge in [-0.2, -0.15) is 4.98 Å². The maximum absolute atomic E-state index is 5.30. The molecular formula is C12H18N4OS. The van der Waals surface area contributed by atoms with E-state index in [1.54, 1.807) is 11.3 Å². The van der Waals surface area contributed by atoms with Crippen molar-refractivity contribution in [1.82, 2.24) is 20.4 Å². The van der Waals surface area contributed by atoms with Crippen LogP contribution in [0.15, 0.2) is 9.90 Å². The normalized spacial score (nSPS) is 14.7. The van der Waals surface area contributed by atoms with Gasteiger partial charge in [-0.05, 0) is 20.9 Å². The molecule has 0 bridgehead atoms. The smallest absolute Gasteiger partial charge is 0.231 e. The molecule has 0 aliphatic rings. The Morgan fingerprint density at radius 3 is 2.78 bits per heavy atom. The van der Waals surface area contributed by atoms with Crippen LogP contribution in [0, 0.1) is 6.92 Å². The Bertz CT molecular complexity index is 508. The fourth-order valence-corrected chi connectivity index (χ4v) is 2.38. The van der Waals surface area contributed by atoms with Crippen LogP contribution in [0.5, 0.6) is 0 Å². The molecule has 0 aliphatic carbocycles. The quantitative estimate of drug-likeness (QED) is 0.898. The summed E-state index contributed by atoms with van der Waals surface area (Å²) in [5.41, 5.74) is 1.04. The third-order valence-electron chi connectivity index (χ3n) is 3.05. The van der Waals surface area contributed by atoms with Crippen LogP contribution >= 0.6 is 11.3 Å². The molecule has 5 nitrogen and oxygen atoms in total. The van der Waals surface area contributed by atoms with Crippen LogP contribution < -0.4 is 5.32 Å². The lowest BCUT2D eigenvalue weighted by atomic mass is 10.0. The van der Waals surface area contributed by atoms with Gasteiger partial charge in [0.2, 0.25) is 5.89 Å². The molecule has 2 heterocycles. The number of hydrogen-bond acceptors (Lipinski definition) is 6. The maximum atomic E-state index is 5.30. The van der Waals surface area contributed by atoms with Crippen molar-refractivity contribution in [2.24, 2.45) is 0 Å². The van der Waals surface area contributed by atoms with E-state index in [1.807, 2.05) is 19.4 Å². The van der Waals surface area contributed by atoms with E-state index in [0.29, 0.717) is 24.2 Å². The van der Waals surface area contributed by atoms with E-state index in [4.69, 9.17) is 4.52 Å². The molecule has 98 valence electrons. The van der Waals surface area contributed by atoms with Gasteiger partial charge in [-0.15, -0.1) is 11.3 Å². The van der Waals surface area contributed by atoms with E-state index in [0.717, 1.165) is 10.7 Å². The molecule has 1 N–H and O–H groups in total. The van der Waals surface area contributed by atoms with Gasteiger partial charge in [-0.1, -0.05) is 12.1 Å².